The highest BCUT2D eigenvalue weighted by Gasteiger charge is 2.26. The summed E-state index contributed by atoms with van der Waals surface area (Å²) < 4.78 is 13.0. The van der Waals surface area contributed by atoms with Crippen molar-refractivity contribution in [2.45, 2.75) is 25.5 Å². The molecule has 1 saturated heterocycles. The van der Waals surface area contributed by atoms with E-state index >= 15 is 0 Å². The van der Waals surface area contributed by atoms with Crippen LogP contribution in [0, 0.1) is 11.7 Å². The first-order valence-corrected chi connectivity index (χ1v) is 8.29. The summed E-state index contributed by atoms with van der Waals surface area (Å²) in [5.41, 5.74) is 6.45. The van der Waals surface area contributed by atoms with Crippen LogP contribution in [0.4, 0.5) is 9.52 Å². The van der Waals surface area contributed by atoms with E-state index in [1.807, 2.05) is 6.20 Å². The molecule has 4 nitrogen and oxygen atoms in total. The Morgan fingerprint density at radius 2 is 2.00 bits per heavy atom. The van der Waals surface area contributed by atoms with Crippen molar-refractivity contribution >= 4 is 16.5 Å². The zero-order valence-corrected chi connectivity index (χ0v) is 13.1. The number of aromatic nitrogens is 1. The summed E-state index contributed by atoms with van der Waals surface area (Å²) in [6.45, 7) is 2.76. The average Bonchev–Trinajstić information content (AvgIpc) is 2.93. The number of likely N-dealkylation sites (tertiary alicyclic amines) is 1. The van der Waals surface area contributed by atoms with E-state index in [0.717, 1.165) is 38.0 Å². The van der Waals surface area contributed by atoms with E-state index in [1.165, 1.54) is 28.3 Å². The Morgan fingerprint density at radius 3 is 2.59 bits per heavy atom. The van der Waals surface area contributed by atoms with Gasteiger partial charge in [-0.15, -0.1) is 11.3 Å². The van der Waals surface area contributed by atoms with Gasteiger partial charge in [-0.25, -0.2) is 9.37 Å². The van der Waals surface area contributed by atoms with Gasteiger partial charge in [0.2, 0.25) is 0 Å². The van der Waals surface area contributed by atoms with E-state index < -0.39 is 6.10 Å². The third-order valence-corrected chi connectivity index (χ3v) is 5.05. The number of nitrogens with two attached hydrogens (primary N) is 1. The second-order valence-electron chi connectivity index (χ2n) is 5.77. The molecule has 3 rings (SSSR count). The van der Waals surface area contributed by atoms with Gasteiger partial charge in [0.1, 0.15) is 5.82 Å². The summed E-state index contributed by atoms with van der Waals surface area (Å²) in [5, 5.41) is 11.1. The largest absolute Gasteiger partial charge is 0.388 e. The summed E-state index contributed by atoms with van der Waals surface area (Å²) in [7, 11) is 0. The van der Waals surface area contributed by atoms with Crippen molar-refractivity contribution in [2.75, 3.05) is 18.8 Å². The quantitative estimate of drug-likeness (QED) is 0.909. The third kappa shape index (κ3) is 3.63. The summed E-state index contributed by atoms with van der Waals surface area (Å²) in [5.74, 6) is -0.0390. The molecule has 1 atom stereocenters. The summed E-state index contributed by atoms with van der Waals surface area (Å²) in [6, 6.07) is 6.16. The van der Waals surface area contributed by atoms with Crippen LogP contribution in [0.1, 0.15) is 29.4 Å². The number of rotatable bonds is 4. The average molecular weight is 321 g/mol. The van der Waals surface area contributed by atoms with Crippen LogP contribution in [0.5, 0.6) is 0 Å². The Hall–Kier alpha value is -1.50. The second-order valence-corrected chi connectivity index (χ2v) is 6.92. The summed E-state index contributed by atoms with van der Waals surface area (Å²) in [4.78, 5) is 7.61. The lowest BCUT2D eigenvalue weighted by molar-refractivity contribution is 0.0570. The monoisotopic (exact) mass is 321 g/mol. The molecule has 1 aromatic heterocycles. The first-order valence-electron chi connectivity index (χ1n) is 7.48. The molecule has 6 heteroatoms. The molecule has 0 amide bonds. The molecule has 0 bridgehead atoms. The third-order valence-electron chi connectivity index (χ3n) is 4.24. The number of aliphatic hydroxyl groups is 1. The lowest BCUT2D eigenvalue weighted by atomic mass is 9.87. The van der Waals surface area contributed by atoms with Crippen LogP contribution in [-0.2, 0) is 6.54 Å². The van der Waals surface area contributed by atoms with Crippen LogP contribution in [0.2, 0.25) is 0 Å². The van der Waals surface area contributed by atoms with E-state index in [0.29, 0.717) is 5.13 Å². The highest BCUT2D eigenvalue weighted by molar-refractivity contribution is 7.15. The van der Waals surface area contributed by atoms with Gasteiger partial charge >= 0.3 is 0 Å². The highest BCUT2D eigenvalue weighted by atomic mass is 32.1. The maximum atomic E-state index is 13.0. The molecule has 1 unspecified atom stereocenters. The SMILES string of the molecule is Nc1ncc(CN2CCC(C(O)c3ccc(F)cc3)CC2)s1. The number of anilines is 1. The molecule has 22 heavy (non-hydrogen) atoms. The van der Waals surface area contributed by atoms with Gasteiger partial charge in [0, 0.05) is 17.6 Å². The van der Waals surface area contributed by atoms with Gasteiger partial charge < -0.3 is 10.8 Å². The standard InChI is InChI=1S/C16H20FN3OS/c17-13-3-1-11(2-4-13)15(21)12-5-7-20(8-6-12)10-14-9-19-16(18)22-14/h1-4,9,12,15,21H,5-8,10H2,(H2,18,19). The molecular formula is C16H20FN3OS. The Bertz CT molecular complexity index is 608. The lowest BCUT2D eigenvalue weighted by Gasteiger charge is -2.34. The van der Waals surface area contributed by atoms with Crippen LogP contribution < -0.4 is 5.73 Å². The van der Waals surface area contributed by atoms with E-state index in [9.17, 15) is 9.50 Å². The van der Waals surface area contributed by atoms with Gasteiger partial charge in [-0.05, 0) is 49.5 Å². The molecule has 1 aliphatic rings. The molecule has 118 valence electrons. The van der Waals surface area contributed by atoms with Crippen molar-refractivity contribution in [1.29, 1.82) is 0 Å². The Morgan fingerprint density at radius 1 is 1.32 bits per heavy atom. The minimum absolute atomic E-state index is 0.230. The van der Waals surface area contributed by atoms with E-state index in [-0.39, 0.29) is 11.7 Å². The van der Waals surface area contributed by atoms with E-state index in [2.05, 4.69) is 9.88 Å². The fourth-order valence-electron chi connectivity index (χ4n) is 2.98. The fourth-order valence-corrected chi connectivity index (χ4v) is 3.70. The van der Waals surface area contributed by atoms with Crippen LogP contribution >= 0.6 is 11.3 Å². The first-order chi connectivity index (χ1) is 10.6. The topological polar surface area (TPSA) is 62.4 Å². The second kappa shape index (κ2) is 6.73. The van der Waals surface area contributed by atoms with Gasteiger partial charge in [0.05, 0.1) is 6.10 Å². The molecule has 1 aliphatic heterocycles. The molecule has 0 aliphatic carbocycles. The zero-order valence-electron chi connectivity index (χ0n) is 12.3. The number of hydrogen-bond acceptors (Lipinski definition) is 5. The van der Waals surface area contributed by atoms with Crippen LogP contribution in [0.15, 0.2) is 30.5 Å². The molecule has 0 saturated carbocycles. The van der Waals surface area contributed by atoms with Gasteiger partial charge in [0.15, 0.2) is 5.13 Å². The van der Waals surface area contributed by atoms with Crippen molar-refractivity contribution in [1.82, 2.24) is 9.88 Å². The van der Waals surface area contributed by atoms with Crippen molar-refractivity contribution in [2.24, 2.45) is 5.92 Å². The predicted molar refractivity (Wildman–Crippen MR) is 85.9 cm³/mol. The number of halogens is 1. The van der Waals surface area contributed by atoms with Crippen molar-refractivity contribution < 1.29 is 9.50 Å². The molecule has 3 N–H and O–H groups in total. The Kier molecular flexibility index (Phi) is 4.71. The van der Waals surface area contributed by atoms with Crippen molar-refractivity contribution in [3.63, 3.8) is 0 Å². The first kappa shape index (κ1) is 15.4. The van der Waals surface area contributed by atoms with Gasteiger partial charge in [-0.1, -0.05) is 12.1 Å². The minimum Gasteiger partial charge on any atom is -0.388 e. The molecular weight excluding hydrogens is 301 g/mol. The predicted octanol–water partition coefficient (Wildman–Crippen LogP) is 2.81. The number of benzene rings is 1. The molecule has 0 spiro atoms. The number of nitrogen functional groups attached to an aromatic ring is 1. The molecule has 1 fully saturated rings. The zero-order chi connectivity index (χ0) is 15.5. The summed E-state index contributed by atoms with van der Waals surface area (Å²) in [6.07, 6.45) is 3.20. The number of aliphatic hydroxyl groups excluding tert-OH is 1. The minimum atomic E-state index is -0.512. The van der Waals surface area contributed by atoms with Crippen molar-refractivity contribution in [3.05, 3.63) is 46.7 Å². The van der Waals surface area contributed by atoms with E-state index in [1.54, 1.807) is 12.1 Å². The van der Waals surface area contributed by atoms with Crippen molar-refractivity contribution in [3.8, 4) is 0 Å². The maximum Gasteiger partial charge on any atom is 0.180 e. The van der Waals surface area contributed by atoms with Crippen LogP contribution in [0.3, 0.4) is 0 Å². The lowest BCUT2D eigenvalue weighted by Crippen LogP contribution is -2.35. The maximum absolute atomic E-state index is 13.0. The number of thiazole rings is 1. The smallest absolute Gasteiger partial charge is 0.180 e. The molecule has 0 radical (unpaired) electrons. The van der Waals surface area contributed by atoms with Gasteiger partial charge in [-0.3, -0.25) is 4.90 Å². The fraction of sp³-hybridized carbons (Fsp3) is 0.438. The summed E-state index contributed by atoms with van der Waals surface area (Å²) >= 11 is 1.53. The molecule has 2 heterocycles. The molecule has 2 aromatic rings. The Labute approximate surface area is 133 Å². The van der Waals surface area contributed by atoms with Crippen LogP contribution in [0.25, 0.3) is 0 Å². The number of nitrogens with zero attached hydrogens (tertiary/aromatic N) is 2. The molecule has 1 aromatic carbocycles. The van der Waals surface area contributed by atoms with Crippen LogP contribution in [-0.4, -0.2) is 28.1 Å². The Balaban J connectivity index is 1.53. The van der Waals surface area contributed by atoms with Gasteiger partial charge in [-0.2, -0.15) is 0 Å². The highest BCUT2D eigenvalue weighted by Crippen LogP contribution is 2.31. The number of hydrogen-bond donors (Lipinski definition) is 2. The number of piperidine rings is 1. The van der Waals surface area contributed by atoms with Gasteiger partial charge in [0.25, 0.3) is 0 Å². The normalized spacial score (nSPS) is 18.5. The van der Waals surface area contributed by atoms with E-state index in [4.69, 9.17) is 5.73 Å².